The van der Waals surface area contributed by atoms with Crippen LogP contribution in [-0.2, 0) is 9.59 Å². The molecule has 0 aliphatic rings. The molecule has 1 rings (SSSR count). The van der Waals surface area contributed by atoms with Crippen LogP contribution in [0.25, 0.3) is 0 Å². The van der Waals surface area contributed by atoms with Crippen molar-refractivity contribution in [2.45, 2.75) is 32.7 Å². The first-order valence-corrected chi connectivity index (χ1v) is 7.33. The summed E-state index contributed by atoms with van der Waals surface area (Å²) in [4.78, 5) is 23.2. The first kappa shape index (κ1) is 18.0. The molecule has 0 aliphatic heterocycles. The molecule has 0 fully saturated rings. The summed E-state index contributed by atoms with van der Waals surface area (Å²) in [7, 11) is 1.51. The average Bonchev–Trinajstić information content (AvgIpc) is 2.46. The molecule has 1 unspecified atom stereocenters. The van der Waals surface area contributed by atoms with Crippen molar-refractivity contribution in [2.75, 3.05) is 19.0 Å². The van der Waals surface area contributed by atoms with Crippen LogP contribution >= 0.6 is 0 Å². The van der Waals surface area contributed by atoms with E-state index >= 15 is 0 Å². The van der Waals surface area contributed by atoms with Gasteiger partial charge < -0.3 is 20.5 Å². The van der Waals surface area contributed by atoms with E-state index in [4.69, 9.17) is 4.74 Å². The second-order valence-electron chi connectivity index (χ2n) is 5.48. The number of carbonyl (C=O) groups is 2. The van der Waals surface area contributed by atoms with Gasteiger partial charge in [0.1, 0.15) is 11.8 Å². The summed E-state index contributed by atoms with van der Waals surface area (Å²) in [6.45, 7) is 4.69. The van der Waals surface area contributed by atoms with E-state index in [2.05, 4.69) is 24.5 Å². The Labute approximate surface area is 130 Å². The lowest BCUT2D eigenvalue weighted by atomic mass is 10.1. The highest BCUT2D eigenvalue weighted by Gasteiger charge is 2.21. The van der Waals surface area contributed by atoms with Crippen molar-refractivity contribution in [2.24, 2.45) is 5.92 Å². The molecule has 0 aromatic heterocycles. The monoisotopic (exact) mass is 308 g/mol. The number of rotatable bonds is 9. The van der Waals surface area contributed by atoms with Gasteiger partial charge in [0.05, 0.1) is 19.2 Å². The van der Waals surface area contributed by atoms with E-state index in [1.165, 1.54) is 7.11 Å². The van der Waals surface area contributed by atoms with Gasteiger partial charge in [-0.05, 0) is 31.0 Å². The Morgan fingerprint density at radius 3 is 2.55 bits per heavy atom. The Balaban J connectivity index is 2.58. The molecule has 3 N–H and O–H groups in total. The third-order valence-electron chi connectivity index (χ3n) is 3.18. The van der Waals surface area contributed by atoms with Crippen molar-refractivity contribution in [1.29, 1.82) is 0 Å². The molecule has 1 aromatic carbocycles. The lowest BCUT2D eigenvalue weighted by Gasteiger charge is -2.16. The van der Waals surface area contributed by atoms with Gasteiger partial charge >= 0.3 is 5.97 Å². The minimum Gasteiger partial charge on any atom is -0.495 e. The molecule has 122 valence electrons. The standard InChI is InChI=1S/C16H24N2O4/c1-11(2)8-9-17-13(16(20)21)10-15(19)18-12-6-4-5-7-14(12)22-3/h4-7,11,13,17H,8-10H2,1-3H3,(H,18,19)(H,20,21). The molecule has 22 heavy (non-hydrogen) atoms. The lowest BCUT2D eigenvalue weighted by Crippen LogP contribution is -2.40. The fraction of sp³-hybridized carbons (Fsp3) is 0.500. The number of anilines is 1. The number of methoxy groups -OCH3 is 1. The van der Waals surface area contributed by atoms with Gasteiger partial charge in [-0.3, -0.25) is 9.59 Å². The molecule has 6 heteroatoms. The maximum absolute atomic E-state index is 12.0. The summed E-state index contributed by atoms with van der Waals surface area (Å²) >= 11 is 0. The first-order chi connectivity index (χ1) is 10.4. The molecular weight excluding hydrogens is 284 g/mol. The van der Waals surface area contributed by atoms with Crippen molar-refractivity contribution < 1.29 is 19.4 Å². The second kappa shape index (κ2) is 9.04. The minimum absolute atomic E-state index is 0.133. The molecule has 1 atom stereocenters. The molecule has 1 aromatic rings. The maximum atomic E-state index is 12.0. The van der Waals surface area contributed by atoms with Crippen molar-refractivity contribution in [3.63, 3.8) is 0 Å². The number of amides is 1. The van der Waals surface area contributed by atoms with Crippen LogP contribution in [0.1, 0.15) is 26.7 Å². The number of para-hydroxylation sites is 2. The van der Waals surface area contributed by atoms with Gasteiger partial charge in [0.2, 0.25) is 5.91 Å². The molecule has 0 spiro atoms. The fourth-order valence-electron chi connectivity index (χ4n) is 1.93. The average molecular weight is 308 g/mol. The fourth-order valence-corrected chi connectivity index (χ4v) is 1.93. The Morgan fingerprint density at radius 2 is 1.95 bits per heavy atom. The zero-order valence-electron chi connectivity index (χ0n) is 13.3. The highest BCUT2D eigenvalue weighted by atomic mass is 16.5. The number of benzene rings is 1. The zero-order valence-corrected chi connectivity index (χ0v) is 13.3. The number of carboxylic acids is 1. The summed E-state index contributed by atoms with van der Waals surface area (Å²) in [5.74, 6) is -0.382. The molecule has 0 saturated carbocycles. The van der Waals surface area contributed by atoms with Gasteiger partial charge in [0, 0.05) is 0 Å². The molecule has 0 bridgehead atoms. The third-order valence-corrected chi connectivity index (χ3v) is 3.18. The number of hydrogen-bond donors (Lipinski definition) is 3. The molecule has 0 radical (unpaired) electrons. The smallest absolute Gasteiger partial charge is 0.321 e. The number of ether oxygens (including phenoxy) is 1. The summed E-state index contributed by atoms with van der Waals surface area (Å²) in [6.07, 6.45) is 0.726. The van der Waals surface area contributed by atoms with Crippen molar-refractivity contribution >= 4 is 17.6 Å². The van der Waals surface area contributed by atoms with E-state index < -0.39 is 12.0 Å². The number of carbonyl (C=O) groups excluding carboxylic acids is 1. The molecule has 0 heterocycles. The van der Waals surface area contributed by atoms with Gasteiger partial charge in [0.25, 0.3) is 0 Å². The number of hydrogen-bond acceptors (Lipinski definition) is 4. The van der Waals surface area contributed by atoms with Crippen LogP contribution in [0.3, 0.4) is 0 Å². The Morgan fingerprint density at radius 1 is 1.27 bits per heavy atom. The van der Waals surface area contributed by atoms with Crippen LogP contribution in [0.2, 0.25) is 0 Å². The largest absolute Gasteiger partial charge is 0.495 e. The molecule has 0 saturated heterocycles. The van der Waals surface area contributed by atoms with E-state index in [0.29, 0.717) is 23.9 Å². The van der Waals surface area contributed by atoms with Crippen LogP contribution in [0.15, 0.2) is 24.3 Å². The van der Waals surface area contributed by atoms with Gasteiger partial charge in [0.15, 0.2) is 0 Å². The highest BCUT2D eigenvalue weighted by molar-refractivity contribution is 5.95. The molecule has 0 aliphatic carbocycles. The number of nitrogens with one attached hydrogen (secondary N) is 2. The van der Waals surface area contributed by atoms with Crippen LogP contribution in [0.4, 0.5) is 5.69 Å². The van der Waals surface area contributed by atoms with E-state index in [1.54, 1.807) is 24.3 Å². The molecule has 1 amide bonds. The van der Waals surface area contributed by atoms with Crippen LogP contribution in [0, 0.1) is 5.92 Å². The SMILES string of the molecule is COc1ccccc1NC(=O)CC(NCCC(C)C)C(=O)O. The Kier molecular flexibility index (Phi) is 7.39. The quantitative estimate of drug-likeness (QED) is 0.650. The van der Waals surface area contributed by atoms with Gasteiger partial charge in [-0.2, -0.15) is 0 Å². The molecular formula is C16H24N2O4. The van der Waals surface area contributed by atoms with E-state index in [1.807, 2.05) is 0 Å². The van der Waals surface area contributed by atoms with Crippen LogP contribution in [-0.4, -0.2) is 36.7 Å². The Bertz CT molecular complexity index is 503. The maximum Gasteiger partial charge on any atom is 0.321 e. The Hall–Kier alpha value is -2.08. The predicted molar refractivity (Wildman–Crippen MR) is 85.1 cm³/mol. The molecule has 6 nitrogen and oxygen atoms in total. The summed E-state index contributed by atoms with van der Waals surface area (Å²) < 4.78 is 5.14. The topological polar surface area (TPSA) is 87.7 Å². The van der Waals surface area contributed by atoms with Crippen molar-refractivity contribution in [3.05, 3.63) is 24.3 Å². The van der Waals surface area contributed by atoms with Gasteiger partial charge in [-0.1, -0.05) is 26.0 Å². The zero-order chi connectivity index (χ0) is 16.5. The minimum atomic E-state index is -1.03. The van der Waals surface area contributed by atoms with Crippen LogP contribution < -0.4 is 15.4 Å². The van der Waals surface area contributed by atoms with E-state index in [9.17, 15) is 14.7 Å². The lowest BCUT2D eigenvalue weighted by molar-refractivity contribution is -0.141. The van der Waals surface area contributed by atoms with Crippen molar-refractivity contribution in [3.8, 4) is 5.75 Å². The van der Waals surface area contributed by atoms with Crippen molar-refractivity contribution in [1.82, 2.24) is 5.32 Å². The summed E-state index contributed by atoms with van der Waals surface area (Å²) in [6, 6.07) is 6.10. The number of carboxylic acid groups (broad SMARTS) is 1. The summed E-state index contributed by atoms with van der Waals surface area (Å²) in [5.41, 5.74) is 0.529. The van der Waals surface area contributed by atoms with Gasteiger partial charge in [-0.25, -0.2) is 0 Å². The first-order valence-electron chi connectivity index (χ1n) is 7.33. The van der Waals surface area contributed by atoms with Crippen LogP contribution in [0.5, 0.6) is 5.75 Å². The summed E-state index contributed by atoms with van der Waals surface area (Å²) in [5, 5.41) is 14.8. The number of aliphatic carboxylic acids is 1. The predicted octanol–water partition coefficient (Wildman–Crippen LogP) is 2.11. The third kappa shape index (κ3) is 6.13. The normalized spacial score (nSPS) is 12.0. The van der Waals surface area contributed by atoms with E-state index in [-0.39, 0.29) is 12.3 Å². The highest BCUT2D eigenvalue weighted by Crippen LogP contribution is 2.23. The van der Waals surface area contributed by atoms with E-state index in [0.717, 1.165) is 6.42 Å². The second-order valence-corrected chi connectivity index (χ2v) is 5.48. The van der Waals surface area contributed by atoms with Gasteiger partial charge in [-0.15, -0.1) is 0 Å².